The van der Waals surface area contributed by atoms with E-state index in [-0.39, 0.29) is 17.7 Å². The highest BCUT2D eigenvalue weighted by Crippen LogP contribution is 2.30. The number of carbonyl (C=O) groups is 1. The molecule has 1 aliphatic heterocycles. The predicted molar refractivity (Wildman–Crippen MR) is 119 cm³/mol. The number of hydrogen-bond acceptors (Lipinski definition) is 7. The molecule has 0 atom stereocenters. The van der Waals surface area contributed by atoms with Gasteiger partial charge in [0, 0.05) is 43.4 Å². The largest absolute Gasteiger partial charge is 0.494 e. The second-order valence-corrected chi connectivity index (χ2v) is 9.23. The molecule has 2 aromatic heterocycles. The van der Waals surface area contributed by atoms with Crippen LogP contribution in [0.5, 0.6) is 5.75 Å². The smallest absolute Gasteiger partial charge is 0.303 e. The number of ether oxygens (including phenoxy) is 2. The first-order valence-corrected chi connectivity index (χ1v) is 11.9. The molecular formula is C22H25N3O6S. The molecule has 1 aliphatic rings. The van der Waals surface area contributed by atoms with E-state index in [9.17, 15) is 13.2 Å². The second kappa shape index (κ2) is 9.17. The maximum Gasteiger partial charge on any atom is 0.303 e. The molecule has 9 nitrogen and oxygen atoms in total. The number of aliphatic carboxylic acids is 1. The number of morpholine rings is 1. The Bertz CT molecular complexity index is 1210. The first-order valence-electron chi connectivity index (χ1n) is 10.4. The van der Waals surface area contributed by atoms with Gasteiger partial charge in [-0.25, -0.2) is 17.4 Å². The van der Waals surface area contributed by atoms with E-state index in [0.717, 1.165) is 0 Å². The lowest BCUT2D eigenvalue weighted by molar-refractivity contribution is -0.136. The average molecular weight is 460 g/mol. The lowest BCUT2D eigenvalue weighted by Gasteiger charge is -2.27. The van der Waals surface area contributed by atoms with Gasteiger partial charge in [-0.05, 0) is 43.2 Å². The normalized spacial score (nSPS) is 14.6. The van der Waals surface area contributed by atoms with Crippen LogP contribution in [0.3, 0.4) is 0 Å². The molecule has 0 saturated carbocycles. The van der Waals surface area contributed by atoms with E-state index in [1.807, 2.05) is 11.8 Å². The van der Waals surface area contributed by atoms with Gasteiger partial charge >= 0.3 is 5.97 Å². The van der Waals surface area contributed by atoms with E-state index >= 15 is 0 Å². The fraction of sp³-hybridized carbons (Fsp3) is 0.364. The van der Waals surface area contributed by atoms with Gasteiger partial charge in [-0.1, -0.05) is 0 Å². The third-order valence-electron chi connectivity index (χ3n) is 5.36. The highest BCUT2D eigenvalue weighted by Gasteiger charge is 2.23. The molecule has 1 saturated heterocycles. The van der Waals surface area contributed by atoms with Crippen LogP contribution in [-0.4, -0.2) is 61.4 Å². The molecule has 0 bridgehead atoms. The summed E-state index contributed by atoms with van der Waals surface area (Å²) >= 11 is 0. The molecule has 32 heavy (non-hydrogen) atoms. The lowest BCUT2D eigenvalue weighted by Crippen LogP contribution is -2.36. The van der Waals surface area contributed by atoms with Gasteiger partial charge < -0.3 is 19.5 Å². The number of aryl methyl sites for hydroxylation is 1. The number of rotatable bonds is 8. The van der Waals surface area contributed by atoms with Crippen LogP contribution in [0.15, 0.2) is 47.6 Å². The summed E-state index contributed by atoms with van der Waals surface area (Å²) in [6.45, 7) is 4.91. The Labute approximate surface area is 186 Å². The summed E-state index contributed by atoms with van der Waals surface area (Å²) in [6.07, 6.45) is 2.97. The quantitative estimate of drug-likeness (QED) is 0.547. The fourth-order valence-corrected chi connectivity index (χ4v) is 5.09. The van der Waals surface area contributed by atoms with Crippen molar-refractivity contribution < 1.29 is 27.8 Å². The number of carboxylic acid groups (broad SMARTS) is 1. The second-order valence-electron chi connectivity index (χ2n) is 7.41. The minimum absolute atomic E-state index is 0.0537. The molecule has 3 aromatic rings. The minimum Gasteiger partial charge on any atom is -0.494 e. The molecule has 170 valence electrons. The molecule has 1 fully saturated rings. The van der Waals surface area contributed by atoms with Crippen molar-refractivity contribution in [3.8, 4) is 5.75 Å². The van der Waals surface area contributed by atoms with E-state index in [1.165, 1.54) is 16.4 Å². The van der Waals surface area contributed by atoms with Crippen molar-refractivity contribution in [2.45, 2.75) is 24.7 Å². The van der Waals surface area contributed by atoms with Gasteiger partial charge in [0.15, 0.2) is 0 Å². The van der Waals surface area contributed by atoms with E-state index in [1.54, 1.807) is 30.3 Å². The number of aromatic nitrogens is 2. The van der Waals surface area contributed by atoms with E-state index < -0.39 is 16.0 Å². The number of nitrogens with zero attached hydrogens (tertiary/aromatic N) is 3. The summed E-state index contributed by atoms with van der Waals surface area (Å²) < 4.78 is 39.1. The van der Waals surface area contributed by atoms with Crippen molar-refractivity contribution in [3.05, 3.63) is 48.3 Å². The van der Waals surface area contributed by atoms with E-state index in [0.29, 0.717) is 60.9 Å². The van der Waals surface area contributed by atoms with Crippen molar-refractivity contribution in [2.24, 2.45) is 0 Å². The molecule has 0 amide bonds. The van der Waals surface area contributed by atoms with Gasteiger partial charge in [-0.2, -0.15) is 0 Å². The van der Waals surface area contributed by atoms with Gasteiger partial charge in [0.1, 0.15) is 16.5 Å². The Hall–Kier alpha value is -3.11. The molecule has 0 radical (unpaired) electrons. The van der Waals surface area contributed by atoms with Crippen LogP contribution >= 0.6 is 0 Å². The number of pyridine rings is 1. The monoisotopic (exact) mass is 459 g/mol. The summed E-state index contributed by atoms with van der Waals surface area (Å²) in [5, 5.41) is 9.75. The molecule has 3 heterocycles. The minimum atomic E-state index is -3.95. The summed E-state index contributed by atoms with van der Waals surface area (Å²) in [6, 6.07) is 8.42. The van der Waals surface area contributed by atoms with Crippen LogP contribution in [0.2, 0.25) is 0 Å². The zero-order chi connectivity index (χ0) is 22.7. The van der Waals surface area contributed by atoms with Crippen LogP contribution < -0.4 is 9.64 Å². The zero-order valence-electron chi connectivity index (χ0n) is 17.7. The highest BCUT2D eigenvalue weighted by atomic mass is 32.2. The van der Waals surface area contributed by atoms with Gasteiger partial charge in [-0.3, -0.25) is 4.79 Å². The van der Waals surface area contributed by atoms with Crippen molar-refractivity contribution >= 4 is 32.7 Å². The van der Waals surface area contributed by atoms with Gasteiger partial charge in [0.25, 0.3) is 10.0 Å². The Balaban J connectivity index is 1.74. The maximum atomic E-state index is 13.5. The third-order valence-corrected chi connectivity index (χ3v) is 7.01. The molecule has 0 spiro atoms. The van der Waals surface area contributed by atoms with Crippen LogP contribution in [-0.2, 0) is 26.0 Å². The van der Waals surface area contributed by atoms with Gasteiger partial charge in [-0.15, -0.1) is 0 Å². The van der Waals surface area contributed by atoms with Crippen LogP contribution in [0, 0.1) is 0 Å². The number of benzene rings is 1. The van der Waals surface area contributed by atoms with E-state index in [4.69, 9.17) is 14.6 Å². The number of anilines is 1. The van der Waals surface area contributed by atoms with Crippen molar-refractivity contribution in [1.82, 2.24) is 8.96 Å². The van der Waals surface area contributed by atoms with Gasteiger partial charge in [0.2, 0.25) is 0 Å². The lowest BCUT2D eigenvalue weighted by atomic mass is 10.1. The summed E-state index contributed by atoms with van der Waals surface area (Å²) in [7, 11) is -3.95. The third kappa shape index (κ3) is 4.42. The van der Waals surface area contributed by atoms with Crippen molar-refractivity contribution in [3.63, 3.8) is 0 Å². The van der Waals surface area contributed by atoms with Crippen molar-refractivity contribution in [2.75, 3.05) is 37.8 Å². The molecule has 0 aliphatic carbocycles. The van der Waals surface area contributed by atoms with Crippen LogP contribution in [0.4, 0.5) is 5.82 Å². The first-order chi connectivity index (χ1) is 15.4. The fourth-order valence-electron chi connectivity index (χ4n) is 3.76. The number of fused-ring (bicyclic) bond motifs is 1. The average Bonchev–Trinajstić information content (AvgIpc) is 3.17. The van der Waals surface area contributed by atoms with Gasteiger partial charge in [0.05, 0.1) is 25.3 Å². The van der Waals surface area contributed by atoms with Crippen LogP contribution in [0.1, 0.15) is 18.9 Å². The number of carboxylic acids is 1. The molecule has 1 aromatic carbocycles. The molecule has 1 N–H and O–H groups in total. The summed E-state index contributed by atoms with van der Waals surface area (Å²) in [4.78, 5) is 17.5. The summed E-state index contributed by atoms with van der Waals surface area (Å²) in [5.41, 5.74) is 1.08. The van der Waals surface area contributed by atoms with Crippen LogP contribution in [0.25, 0.3) is 10.9 Å². The topological polar surface area (TPSA) is 111 Å². The summed E-state index contributed by atoms with van der Waals surface area (Å²) in [5.74, 6) is 0.299. The molecule has 0 unspecified atom stereocenters. The molecule has 4 rings (SSSR count). The highest BCUT2D eigenvalue weighted by molar-refractivity contribution is 7.90. The Morgan fingerprint density at radius 2 is 2.00 bits per heavy atom. The maximum absolute atomic E-state index is 13.5. The number of hydrogen-bond donors (Lipinski definition) is 1. The zero-order valence-corrected chi connectivity index (χ0v) is 18.5. The van der Waals surface area contributed by atoms with Crippen molar-refractivity contribution in [1.29, 1.82) is 0 Å². The SMILES string of the molecule is CCOc1ccc2c(CCC(=O)O)cn(S(=O)(=O)c3ccc(N4CCOCC4)nc3)c2c1. The standard InChI is InChI=1S/C22H25N3O6S/c1-2-31-17-4-6-19-16(3-8-22(26)27)15-25(20(19)13-17)32(28,29)18-5-7-21(23-14-18)24-9-11-30-12-10-24/h4-7,13-15H,2-3,8-12H2,1H3,(H,26,27). The Morgan fingerprint density at radius 3 is 2.66 bits per heavy atom. The molecule has 10 heteroatoms. The Morgan fingerprint density at radius 1 is 1.22 bits per heavy atom. The van der Waals surface area contributed by atoms with E-state index in [2.05, 4.69) is 4.98 Å². The predicted octanol–water partition coefficient (Wildman–Crippen LogP) is 2.53. The molecular weight excluding hydrogens is 434 g/mol. The Kier molecular flexibility index (Phi) is 6.33. The first kappa shape index (κ1) is 22.1.